The predicted molar refractivity (Wildman–Crippen MR) is 137 cm³/mol. The summed E-state index contributed by atoms with van der Waals surface area (Å²) in [7, 11) is 0. The maximum Gasteiger partial charge on any atom is 0.268 e. The summed E-state index contributed by atoms with van der Waals surface area (Å²) in [6.07, 6.45) is 7.97. The van der Waals surface area contributed by atoms with E-state index >= 15 is 0 Å². The van der Waals surface area contributed by atoms with Gasteiger partial charge in [0.1, 0.15) is 6.04 Å². The number of nitrogens with two attached hydrogens (primary N) is 1. The standard InChI is InChI=1S/C26H29N7O3/c1-3-17(2)26(36)33(23-8-9-24(34)31-25(23)35)32-12-10-19(11-13-32)28-15-18(14-27)22-16-29-20-6-4-5-7-21(20)30-22/h3-7,14-16,19,23H,1-2,8-13,27H2,(H,31,34,35). The van der Waals surface area contributed by atoms with Crippen molar-refractivity contribution in [2.75, 3.05) is 13.1 Å². The molecule has 186 valence electrons. The number of imide groups is 1. The fraction of sp³-hybridized carbons (Fsp3) is 0.308. The van der Waals surface area contributed by atoms with E-state index in [0.29, 0.717) is 37.2 Å². The van der Waals surface area contributed by atoms with Gasteiger partial charge < -0.3 is 5.73 Å². The Bertz CT molecular complexity index is 1260. The minimum atomic E-state index is -0.773. The molecular formula is C26H29N7O3. The van der Waals surface area contributed by atoms with E-state index in [4.69, 9.17) is 10.7 Å². The van der Waals surface area contributed by atoms with Gasteiger partial charge in [-0.05, 0) is 31.4 Å². The van der Waals surface area contributed by atoms with Crippen molar-refractivity contribution in [3.8, 4) is 0 Å². The van der Waals surface area contributed by atoms with Crippen molar-refractivity contribution in [3.05, 3.63) is 67.2 Å². The van der Waals surface area contributed by atoms with E-state index in [-0.39, 0.29) is 30.4 Å². The third-order valence-electron chi connectivity index (χ3n) is 6.33. The summed E-state index contributed by atoms with van der Waals surface area (Å²) in [5.74, 6) is -1.21. The van der Waals surface area contributed by atoms with Crippen LogP contribution in [0.15, 0.2) is 66.5 Å². The lowest BCUT2D eigenvalue weighted by molar-refractivity contribution is -0.163. The maximum atomic E-state index is 13.1. The number of carbonyl (C=O) groups excluding carboxylic acids is 3. The number of nitrogens with one attached hydrogen (secondary N) is 1. The molecule has 0 radical (unpaired) electrons. The van der Waals surface area contributed by atoms with Crippen LogP contribution in [0.1, 0.15) is 31.4 Å². The van der Waals surface area contributed by atoms with Crippen molar-refractivity contribution < 1.29 is 14.4 Å². The van der Waals surface area contributed by atoms with E-state index in [1.165, 1.54) is 17.3 Å². The zero-order valence-electron chi connectivity index (χ0n) is 20.0. The Balaban J connectivity index is 1.44. The molecule has 3 amide bonds. The molecule has 1 unspecified atom stereocenters. The van der Waals surface area contributed by atoms with Crippen LogP contribution in [0.25, 0.3) is 16.6 Å². The van der Waals surface area contributed by atoms with Gasteiger partial charge in [-0.2, -0.15) is 0 Å². The molecule has 0 spiro atoms. The Kier molecular flexibility index (Phi) is 7.65. The number of piperidine rings is 2. The van der Waals surface area contributed by atoms with Crippen LogP contribution in [0.2, 0.25) is 0 Å². The van der Waals surface area contributed by atoms with Crippen LogP contribution in [-0.4, -0.2) is 69.1 Å². The number of rotatable bonds is 7. The van der Waals surface area contributed by atoms with Gasteiger partial charge in [0.25, 0.3) is 11.8 Å². The molecule has 10 heteroatoms. The van der Waals surface area contributed by atoms with Gasteiger partial charge in [0, 0.05) is 43.1 Å². The molecule has 3 heterocycles. The van der Waals surface area contributed by atoms with Crippen molar-refractivity contribution in [2.45, 2.75) is 37.8 Å². The molecule has 4 rings (SSSR count). The van der Waals surface area contributed by atoms with Gasteiger partial charge in [0.2, 0.25) is 5.91 Å². The second-order valence-corrected chi connectivity index (χ2v) is 8.67. The molecule has 1 aromatic carbocycles. The summed E-state index contributed by atoms with van der Waals surface area (Å²) in [6, 6.07) is 6.83. The molecule has 10 nitrogen and oxygen atoms in total. The molecule has 3 N–H and O–H groups in total. The first-order valence-corrected chi connectivity index (χ1v) is 11.8. The average molecular weight is 488 g/mol. The number of fused-ring (bicyclic) bond motifs is 1. The maximum absolute atomic E-state index is 13.1. The molecule has 1 aromatic heterocycles. The number of hydrogen-bond acceptors (Lipinski definition) is 8. The highest BCUT2D eigenvalue weighted by Crippen LogP contribution is 2.23. The summed E-state index contributed by atoms with van der Waals surface area (Å²) in [5.41, 5.74) is 8.92. The van der Waals surface area contributed by atoms with Crippen molar-refractivity contribution in [1.29, 1.82) is 0 Å². The highest BCUT2D eigenvalue weighted by Gasteiger charge is 2.39. The highest BCUT2D eigenvalue weighted by atomic mass is 16.2. The molecule has 2 fully saturated rings. The van der Waals surface area contributed by atoms with E-state index in [1.807, 2.05) is 29.3 Å². The quantitative estimate of drug-likeness (QED) is 0.263. The molecule has 1 atom stereocenters. The first kappa shape index (κ1) is 24.9. The Morgan fingerprint density at radius 2 is 1.92 bits per heavy atom. The van der Waals surface area contributed by atoms with E-state index < -0.39 is 17.9 Å². The van der Waals surface area contributed by atoms with E-state index in [2.05, 4.69) is 28.4 Å². The summed E-state index contributed by atoms with van der Waals surface area (Å²) in [6.45, 7) is 8.40. The number of para-hydroxylation sites is 2. The fourth-order valence-corrected chi connectivity index (χ4v) is 4.31. The number of carbonyl (C=O) groups is 3. The number of allylic oxidation sites excluding steroid dienone is 1. The van der Waals surface area contributed by atoms with Gasteiger partial charge in [-0.25, -0.2) is 9.99 Å². The first-order valence-electron chi connectivity index (χ1n) is 11.8. The van der Waals surface area contributed by atoms with E-state index in [9.17, 15) is 14.4 Å². The fourth-order valence-electron chi connectivity index (χ4n) is 4.31. The van der Waals surface area contributed by atoms with Gasteiger partial charge in [0.15, 0.2) is 0 Å². The summed E-state index contributed by atoms with van der Waals surface area (Å²) in [4.78, 5) is 51.0. The van der Waals surface area contributed by atoms with Crippen LogP contribution in [0.3, 0.4) is 0 Å². The van der Waals surface area contributed by atoms with Crippen LogP contribution >= 0.6 is 0 Å². The predicted octanol–water partition coefficient (Wildman–Crippen LogP) is 1.76. The highest BCUT2D eigenvalue weighted by molar-refractivity contribution is 6.09. The minimum absolute atomic E-state index is 0.00549. The molecule has 2 aliphatic rings. The Morgan fingerprint density at radius 3 is 2.58 bits per heavy atom. The lowest BCUT2D eigenvalue weighted by Crippen LogP contribution is -2.61. The van der Waals surface area contributed by atoms with Gasteiger partial charge in [-0.1, -0.05) is 31.4 Å². The van der Waals surface area contributed by atoms with Crippen LogP contribution in [-0.2, 0) is 14.4 Å². The number of nitrogens with zero attached hydrogens (tertiary/aromatic N) is 5. The van der Waals surface area contributed by atoms with Crippen LogP contribution in [0.4, 0.5) is 0 Å². The van der Waals surface area contributed by atoms with Crippen molar-refractivity contribution in [2.24, 2.45) is 10.7 Å². The first-order chi connectivity index (χ1) is 17.4. The van der Waals surface area contributed by atoms with Crippen molar-refractivity contribution in [1.82, 2.24) is 25.3 Å². The molecule has 2 aromatic rings. The number of hydrogen-bond donors (Lipinski definition) is 2. The summed E-state index contributed by atoms with van der Waals surface area (Å²) < 4.78 is 0. The van der Waals surface area contributed by atoms with Gasteiger partial charge >= 0.3 is 0 Å². The topological polar surface area (TPSA) is 134 Å². The third-order valence-corrected chi connectivity index (χ3v) is 6.33. The van der Waals surface area contributed by atoms with Crippen molar-refractivity contribution in [3.63, 3.8) is 0 Å². The van der Waals surface area contributed by atoms with Crippen LogP contribution in [0.5, 0.6) is 0 Å². The molecular weight excluding hydrogens is 458 g/mol. The van der Waals surface area contributed by atoms with Gasteiger partial charge in [-0.15, -0.1) is 0 Å². The van der Waals surface area contributed by atoms with Gasteiger partial charge in [-0.3, -0.25) is 34.7 Å². The normalized spacial score (nSPS) is 19.9. The Labute approximate surface area is 209 Å². The zero-order valence-corrected chi connectivity index (χ0v) is 20.0. The SMILES string of the molecule is C=CC(=C)C(=O)N(C1CCC(=O)NC1=O)N1CCC(N=CC(=CN)c2cnc3ccccc3n2)CC1. The largest absolute Gasteiger partial charge is 0.404 e. The van der Waals surface area contributed by atoms with E-state index in [0.717, 1.165) is 11.0 Å². The molecule has 0 aliphatic carbocycles. The Morgan fingerprint density at radius 1 is 1.19 bits per heavy atom. The third kappa shape index (κ3) is 5.38. The van der Waals surface area contributed by atoms with Gasteiger partial charge in [0.05, 0.1) is 29.0 Å². The number of hydrazine groups is 1. The van der Waals surface area contributed by atoms with Crippen LogP contribution < -0.4 is 11.1 Å². The minimum Gasteiger partial charge on any atom is -0.404 e. The van der Waals surface area contributed by atoms with Crippen LogP contribution in [0, 0.1) is 0 Å². The Hall–Kier alpha value is -4.18. The number of amides is 3. The monoisotopic (exact) mass is 487 g/mol. The number of aliphatic imine (C=N–C) groups is 1. The second-order valence-electron chi connectivity index (χ2n) is 8.67. The lowest BCUT2D eigenvalue weighted by Gasteiger charge is -2.43. The molecule has 2 aliphatic heterocycles. The van der Waals surface area contributed by atoms with Crippen molar-refractivity contribution >= 4 is 40.5 Å². The number of aromatic nitrogens is 2. The zero-order chi connectivity index (χ0) is 25.7. The lowest BCUT2D eigenvalue weighted by atomic mass is 10.0. The molecule has 36 heavy (non-hydrogen) atoms. The number of benzene rings is 1. The molecule has 0 bridgehead atoms. The summed E-state index contributed by atoms with van der Waals surface area (Å²) in [5, 5.41) is 5.61. The average Bonchev–Trinajstić information content (AvgIpc) is 2.90. The molecule has 2 saturated heterocycles. The molecule has 0 saturated carbocycles. The second kappa shape index (κ2) is 11.0. The van der Waals surface area contributed by atoms with E-state index in [1.54, 1.807) is 12.4 Å². The smallest absolute Gasteiger partial charge is 0.268 e. The summed E-state index contributed by atoms with van der Waals surface area (Å²) >= 11 is 0.